The molecule has 1 aromatic heterocycles. The highest BCUT2D eigenvalue weighted by atomic mass is 32.2. The topological polar surface area (TPSA) is 93.1 Å². The van der Waals surface area contributed by atoms with Gasteiger partial charge in [0.05, 0.1) is 10.6 Å². The van der Waals surface area contributed by atoms with E-state index in [2.05, 4.69) is 29.0 Å². The van der Waals surface area contributed by atoms with E-state index in [-0.39, 0.29) is 10.8 Å². The Labute approximate surface area is 167 Å². The van der Waals surface area contributed by atoms with E-state index in [1.165, 1.54) is 13.1 Å². The lowest BCUT2D eigenvalue weighted by molar-refractivity contribution is -0.116. The molecule has 0 saturated carbocycles. The number of amides is 1. The van der Waals surface area contributed by atoms with Crippen LogP contribution in [0.2, 0.25) is 0 Å². The second-order valence-electron chi connectivity index (χ2n) is 7.46. The van der Waals surface area contributed by atoms with Crippen LogP contribution in [0.3, 0.4) is 0 Å². The maximum Gasteiger partial charge on any atom is 0.240 e. The Morgan fingerprint density at radius 3 is 2.50 bits per heavy atom. The first-order valence-electron chi connectivity index (χ1n) is 9.42. The molecule has 0 aliphatic heterocycles. The molecule has 2 N–H and O–H groups in total. The number of carbonyl (C=O) groups is 1. The number of hydrogen-bond acceptors (Lipinski definition) is 4. The van der Waals surface area contributed by atoms with Crippen molar-refractivity contribution in [3.63, 3.8) is 0 Å². The van der Waals surface area contributed by atoms with Gasteiger partial charge < -0.3 is 5.32 Å². The monoisotopic (exact) mass is 406 g/mol. The number of benzene rings is 1. The van der Waals surface area contributed by atoms with Crippen molar-refractivity contribution in [2.45, 2.75) is 58.9 Å². The predicted molar refractivity (Wildman–Crippen MR) is 111 cm³/mol. The average molecular weight is 407 g/mol. The molecular formula is C20H30N4O3S. The molecule has 1 amide bonds. The SMILES string of the molecule is CNS(=O)(=O)c1cc(NC(=O)CCc2c(C)nn(CC(C)C)c2C)ccc1C. The van der Waals surface area contributed by atoms with E-state index in [0.29, 0.717) is 30.0 Å². The minimum atomic E-state index is -3.57. The molecule has 0 aliphatic rings. The van der Waals surface area contributed by atoms with Crippen molar-refractivity contribution in [3.8, 4) is 0 Å². The largest absolute Gasteiger partial charge is 0.326 e. The number of carbonyl (C=O) groups excluding carboxylic acids is 1. The summed E-state index contributed by atoms with van der Waals surface area (Å²) in [5, 5.41) is 7.38. The van der Waals surface area contributed by atoms with E-state index in [1.807, 2.05) is 18.5 Å². The van der Waals surface area contributed by atoms with Crippen LogP contribution >= 0.6 is 0 Å². The molecule has 1 heterocycles. The van der Waals surface area contributed by atoms with Crippen molar-refractivity contribution < 1.29 is 13.2 Å². The third kappa shape index (κ3) is 5.20. The molecule has 0 atom stereocenters. The Bertz CT molecular complexity index is 962. The lowest BCUT2D eigenvalue weighted by Gasteiger charge is -2.11. The fraction of sp³-hybridized carbons (Fsp3) is 0.500. The van der Waals surface area contributed by atoms with Gasteiger partial charge in [0.15, 0.2) is 0 Å². The Hall–Kier alpha value is -2.19. The second kappa shape index (κ2) is 8.87. The summed E-state index contributed by atoms with van der Waals surface area (Å²) in [6.45, 7) is 10.9. The van der Waals surface area contributed by atoms with Gasteiger partial charge in [-0.1, -0.05) is 19.9 Å². The van der Waals surface area contributed by atoms with Gasteiger partial charge in [-0.2, -0.15) is 5.10 Å². The highest BCUT2D eigenvalue weighted by Crippen LogP contribution is 2.21. The zero-order valence-corrected chi connectivity index (χ0v) is 18.3. The molecule has 2 rings (SSSR count). The van der Waals surface area contributed by atoms with Crippen LogP contribution in [0.1, 0.15) is 42.8 Å². The minimum Gasteiger partial charge on any atom is -0.326 e. The number of sulfonamides is 1. The molecule has 0 unspecified atom stereocenters. The summed E-state index contributed by atoms with van der Waals surface area (Å²) in [7, 11) is -2.21. The maximum absolute atomic E-state index is 12.4. The molecule has 0 radical (unpaired) electrons. The number of hydrogen-bond donors (Lipinski definition) is 2. The van der Waals surface area contributed by atoms with Crippen molar-refractivity contribution >= 4 is 21.6 Å². The van der Waals surface area contributed by atoms with E-state index in [4.69, 9.17) is 0 Å². The smallest absolute Gasteiger partial charge is 0.240 e. The summed E-state index contributed by atoms with van der Waals surface area (Å²) in [4.78, 5) is 12.6. The summed E-state index contributed by atoms with van der Waals surface area (Å²) in [5.74, 6) is 0.339. The lowest BCUT2D eigenvalue weighted by atomic mass is 10.1. The van der Waals surface area contributed by atoms with Crippen LogP contribution in [-0.4, -0.2) is 31.2 Å². The van der Waals surface area contributed by atoms with E-state index in [0.717, 1.165) is 23.5 Å². The molecule has 7 nitrogen and oxygen atoms in total. The second-order valence-corrected chi connectivity index (χ2v) is 9.32. The molecule has 28 heavy (non-hydrogen) atoms. The maximum atomic E-state index is 12.4. The van der Waals surface area contributed by atoms with Gasteiger partial charge in [0.2, 0.25) is 15.9 Å². The van der Waals surface area contributed by atoms with Gasteiger partial charge in [0, 0.05) is 24.3 Å². The first-order valence-corrected chi connectivity index (χ1v) is 10.9. The van der Waals surface area contributed by atoms with Crippen LogP contribution in [-0.2, 0) is 27.8 Å². The summed E-state index contributed by atoms with van der Waals surface area (Å²) < 4.78 is 28.5. The standard InChI is InChI=1S/C20H30N4O3S/c1-13(2)12-24-16(5)18(15(4)23-24)9-10-20(25)22-17-8-7-14(3)19(11-17)28(26,27)21-6/h7-8,11,13,21H,9-10,12H2,1-6H3,(H,22,25). The fourth-order valence-corrected chi connectivity index (χ4v) is 4.15. The van der Waals surface area contributed by atoms with Crippen LogP contribution < -0.4 is 10.0 Å². The normalized spacial score (nSPS) is 11.8. The van der Waals surface area contributed by atoms with E-state index in [1.54, 1.807) is 19.1 Å². The van der Waals surface area contributed by atoms with Gasteiger partial charge in [-0.3, -0.25) is 9.48 Å². The molecule has 8 heteroatoms. The highest BCUT2D eigenvalue weighted by Gasteiger charge is 2.17. The van der Waals surface area contributed by atoms with Gasteiger partial charge in [0.25, 0.3) is 0 Å². The summed E-state index contributed by atoms with van der Waals surface area (Å²) >= 11 is 0. The van der Waals surface area contributed by atoms with Crippen molar-refractivity contribution in [1.29, 1.82) is 0 Å². The number of nitrogens with zero attached hydrogens (tertiary/aromatic N) is 2. The number of anilines is 1. The molecule has 0 aliphatic carbocycles. The molecule has 1 aromatic carbocycles. The number of rotatable bonds is 8. The van der Waals surface area contributed by atoms with Crippen molar-refractivity contribution in [3.05, 3.63) is 40.7 Å². The number of nitrogens with one attached hydrogen (secondary N) is 2. The van der Waals surface area contributed by atoms with Crippen molar-refractivity contribution in [2.24, 2.45) is 5.92 Å². The third-order valence-electron chi connectivity index (χ3n) is 4.70. The third-order valence-corrected chi connectivity index (χ3v) is 6.26. The summed E-state index contributed by atoms with van der Waals surface area (Å²) in [6, 6.07) is 4.87. The van der Waals surface area contributed by atoms with Gasteiger partial charge in [-0.25, -0.2) is 13.1 Å². The first-order chi connectivity index (χ1) is 13.0. The Morgan fingerprint density at radius 1 is 1.21 bits per heavy atom. The molecule has 0 saturated heterocycles. The van der Waals surface area contributed by atoms with Crippen LogP contribution in [0.5, 0.6) is 0 Å². The zero-order chi connectivity index (χ0) is 21.1. The zero-order valence-electron chi connectivity index (χ0n) is 17.5. The molecular weight excluding hydrogens is 376 g/mol. The van der Waals surface area contributed by atoms with Gasteiger partial charge in [-0.05, 0) is 63.4 Å². The van der Waals surface area contributed by atoms with Crippen LogP contribution in [0, 0.1) is 26.7 Å². The first kappa shape index (κ1) is 22.1. The molecule has 0 bridgehead atoms. The molecule has 154 valence electrons. The minimum absolute atomic E-state index is 0.160. The highest BCUT2D eigenvalue weighted by molar-refractivity contribution is 7.89. The van der Waals surface area contributed by atoms with E-state index >= 15 is 0 Å². The average Bonchev–Trinajstić information content (AvgIpc) is 2.87. The fourth-order valence-electron chi connectivity index (χ4n) is 3.16. The van der Waals surface area contributed by atoms with Gasteiger partial charge >= 0.3 is 0 Å². The quantitative estimate of drug-likeness (QED) is 0.705. The number of aromatic nitrogens is 2. The summed E-state index contributed by atoms with van der Waals surface area (Å²) in [5.41, 5.74) is 4.23. The predicted octanol–water partition coefficient (Wildman–Crippen LogP) is 2.94. The van der Waals surface area contributed by atoms with Crippen molar-refractivity contribution in [1.82, 2.24) is 14.5 Å². The summed E-state index contributed by atoms with van der Waals surface area (Å²) in [6.07, 6.45) is 0.895. The van der Waals surface area contributed by atoms with Crippen LogP contribution in [0.4, 0.5) is 5.69 Å². The van der Waals surface area contributed by atoms with Gasteiger partial charge in [0.1, 0.15) is 0 Å². The molecule has 0 fully saturated rings. The van der Waals surface area contributed by atoms with E-state index < -0.39 is 10.0 Å². The molecule has 0 spiro atoms. The Morgan fingerprint density at radius 2 is 1.89 bits per heavy atom. The van der Waals surface area contributed by atoms with E-state index in [9.17, 15) is 13.2 Å². The van der Waals surface area contributed by atoms with Crippen LogP contribution in [0.15, 0.2) is 23.1 Å². The van der Waals surface area contributed by atoms with Crippen molar-refractivity contribution in [2.75, 3.05) is 12.4 Å². The van der Waals surface area contributed by atoms with Gasteiger partial charge in [-0.15, -0.1) is 0 Å². The molecule has 2 aromatic rings. The number of aryl methyl sites for hydroxylation is 2. The Kier molecular flexibility index (Phi) is 7.01. The Balaban J connectivity index is 2.08. The van der Waals surface area contributed by atoms with Crippen LogP contribution in [0.25, 0.3) is 0 Å². The lowest BCUT2D eigenvalue weighted by Crippen LogP contribution is -2.20.